The monoisotopic (exact) mass is 284 g/mol. The van der Waals surface area contributed by atoms with E-state index in [0.29, 0.717) is 10.7 Å². The van der Waals surface area contributed by atoms with Gasteiger partial charge >= 0.3 is 5.97 Å². The van der Waals surface area contributed by atoms with Gasteiger partial charge in [0, 0.05) is 0 Å². The molecule has 1 aromatic heterocycles. The van der Waals surface area contributed by atoms with Crippen molar-refractivity contribution in [3.8, 4) is 5.69 Å². The number of hydrogen-bond donors (Lipinski definition) is 1. The zero-order valence-electron chi connectivity index (χ0n) is 9.66. The molecule has 0 radical (unpaired) electrons. The molecule has 0 aliphatic carbocycles. The smallest absolute Gasteiger partial charge is 0.313 e. The second kappa shape index (κ2) is 5.83. The van der Waals surface area contributed by atoms with E-state index in [1.54, 1.807) is 30.3 Å². The first kappa shape index (κ1) is 13.5. The Labute approximate surface area is 112 Å². The Morgan fingerprint density at radius 1 is 1.37 bits per heavy atom. The highest BCUT2D eigenvalue weighted by molar-refractivity contribution is 7.99. The van der Waals surface area contributed by atoms with Gasteiger partial charge in [0.25, 0.3) is 6.43 Å². The van der Waals surface area contributed by atoms with E-state index < -0.39 is 12.4 Å². The molecule has 0 atom stereocenters. The lowest BCUT2D eigenvalue weighted by Crippen LogP contribution is -2.02. The van der Waals surface area contributed by atoms with Crippen LogP contribution in [0, 0.1) is 0 Å². The van der Waals surface area contributed by atoms with Crippen LogP contribution in [0.15, 0.2) is 41.4 Å². The highest BCUT2D eigenvalue weighted by Gasteiger charge is 2.17. The van der Waals surface area contributed by atoms with Crippen LogP contribution in [0.3, 0.4) is 0 Å². The third-order valence-corrected chi connectivity index (χ3v) is 3.24. The molecule has 0 aliphatic rings. The van der Waals surface area contributed by atoms with Crippen molar-refractivity contribution in [3.63, 3.8) is 0 Å². The topological polar surface area (TPSA) is 55.1 Å². The molecule has 0 aliphatic heterocycles. The first-order valence-corrected chi connectivity index (χ1v) is 6.34. The minimum Gasteiger partial charge on any atom is -0.481 e. The zero-order chi connectivity index (χ0) is 13.8. The molecule has 0 spiro atoms. The van der Waals surface area contributed by atoms with E-state index in [-0.39, 0.29) is 11.4 Å². The highest BCUT2D eigenvalue weighted by atomic mass is 32.2. The summed E-state index contributed by atoms with van der Waals surface area (Å²) in [5, 5.41) is 12.8. The van der Waals surface area contributed by atoms with Gasteiger partial charge in [-0.3, -0.25) is 4.79 Å². The molecule has 0 amide bonds. The summed E-state index contributed by atoms with van der Waals surface area (Å²) in [6.45, 7) is 0. The molecule has 2 aromatic rings. The molecule has 0 bridgehead atoms. The van der Waals surface area contributed by atoms with Crippen LogP contribution in [0.25, 0.3) is 5.69 Å². The van der Waals surface area contributed by atoms with Crippen LogP contribution < -0.4 is 0 Å². The lowest BCUT2D eigenvalue weighted by Gasteiger charge is -2.05. The molecule has 0 fully saturated rings. The van der Waals surface area contributed by atoms with Crippen LogP contribution >= 0.6 is 11.8 Å². The van der Waals surface area contributed by atoms with Crippen molar-refractivity contribution in [2.45, 2.75) is 11.5 Å². The number of carboxylic acid groups (broad SMARTS) is 1. The Kier molecular flexibility index (Phi) is 4.16. The lowest BCUT2D eigenvalue weighted by atomic mass is 10.3. The second-order valence-corrected chi connectivity index (χ2v) is 4.63. The first-order valence-electron chi connectivity index (χ1n) is 5.36. The Morgan fingerprint density at radius 2 is 2.05 bits per heavy atom. The lowest BCUT2D eigenvalue weighted by molar-refractivity contribution is -0.133. The minimum atomic E-state index is -2.69. The van der Waals surface area contributed by atoms with Crippen LogP contribution in [-0.4, -0.2) is 26.6 Å². The summed E-state index contributed by atoms with van der Waals surface area (Å²) in [7, 11) is 0. The number of nitrogens with zero attached hydrogens (tertiary/aromatic N) is 2. The van der Waals surface area contributed by atoms with Gasteiger partial charge in [-0.1, -0.05) is 30.0 Å². The number of aromatic nitrogens is 2. The van der Waals surface area contributed by atoms with E-state index >= 15 is 0 Å². The minimum absolute atomic E-state index is 0.207. The largest absolute Gasteiger partial charge is 0.481 e. The number of aliphatic carboxylic acids is 1. The zero-order valence-corrected chi connectivity index (χ0v) is 10.5. The maximum absolute atomic E-state index is 12.7. The molecule has 2 rings (SSSR count). The molecule has 1 N–H and O–H groups in total. The molecule has 19 heavy (non-hydrogen) atoms. The summed E-state index contributed by atoms with van der Waals surface area (Å²) in [5.41, 5.74) is 0.249. The van der Waals surface area contributed by atoms with Gasteiger partial charge in [0.15, 0.2) is 0 Å². The second-order valence-electron chi connectivity index (χ2n) is 3.64. The van der Waals surface area contributed by atoms with Gasteiger partial charge in [0.2, 0.25) is 0 Å². The van der Waals surface area contributed by atoms with Gasteiger partial charge in [-0.2, -0.15) is 5.10 Å². The number of thioether (sulfide) groups is 1. The summed E-state index contributed by atoms with van der Waals surface area (Å²) >= 11 is 0.956. The maximum Gasteiger partial charge on any atom is 0.313 e. The van der Waals surface area contributed by atoms with E-state index in [9.17, 15) is 13.6 Å². The molecule has 0 saturated carbocycles. The fourth-order valence-electron chi connectivity index (χ4n) is 1.48. The van der Waals surface area contributed by atoms with Gasteiger partial charge in [-0.25, -0.2) is 13.5 Å². The third-order valence-electron chi connectivity index (χ3n) is 2.26. The highest BCUT2D eigenvalue weighted by Crippen LogP contribution is 2.27. The quantitative estimate of drug-likeness (QED) is 0.858. The van der Waals surface area contributed by atoms with Crippen molar-refractivity contribution in [1.29, 1.82) is 0 Å². The molecular formula is C12H10F2N2O2S. The predicted octanol–water partition coefficient (Wildman–Crippen LogP) is 2.99. The van der Waals surface area contributed by atoms with Crippen LogP contribution in [0.1, 0.15) is 12.1 Å². The van der Waals surface area contributed by atoms with E-state index in [4.69, 9.17) is 5.11 Å². The molecular weight excluding hydrogens is 274 g/mol. The maximum atomic E-state index is 12.7. The Balaban J connectivity index is 2.37. The average molecular weight is 284 g/mol. The fraction of sp³-hybridized carbons (Fsp3) is 0.167. The summed E-state index contributed by atoms with van der Waals surface area (Å²) in [5.74, 6) is -1.22. The van der Waals surface area contributed by atoms with Crippen molar-refractivity contribution in [2.24, 2.45) is 0 Å². The van der Waals surface area contributed by atoms with Crippen LogP contribution in [0.2, 0.25) is 0 Å². The van der Waals surface area contributed by atoms with Crippen molar-refractivity contribution in [2.75, 3.05) is 5.75 Å². The third kappa shape index (κ3) is 3.31. The van der Waals surface area contributed by atoms with Crippen LogP contribution in [-0.2, 0) is 4.79 Å². The SMILES string of the molecule is O=C(O)CSc1cc(C(F)F)nn1-c1ccccc1. The first-order chi connectivity index (χ1) is 9.08. The molecule has 0 saturated heterocycles. The van der Waals surface area contributed by atoms with Gasteiger partial charge in [0.1, 0.15) is 10.7 Å². The van der Waals surface area contributed by atoms with E-state index in [0.717, 1.165) is 11.8 Å². The molecule has 1 aromatic carbocycles. The fourth-order valence-corrected chi connectivity index (χ4v) is 2.22. The van der Waals surface area contributed by atoms with Gasteiger partial charge < -0.3 is 5.11 Å². The average Bonchev–Trinajstić information content (AvgIpc) is 2.81. The molecule has 100 valence electrons. The normalized spacial score (nSPS) is 10.9. The molecule has 4 nitrogen and oxygen atoms in total. The van der Waals surface area contributed by atoms with E-state index in [1.807, 2.05) is 0 Å². The van der Waals surface area contributed by atoms with E-state index in [2.05, 4.69) is 5.10 Å². The van der Waals surface area contributed by atoms with Crippen molar-refractivity contribution < 1.29 is 18.7 Å². The molecule has 0 unspecified atom stereocenters. The number of rotatable bonds is 5. The predicted molar refractivity (Wildman–Crippen MR) is 66.9 cm³/mol. The number of alkyl halides is 2. The number of para-hydroxylation sites is 1. The summed E-state index contributed by atoms with van der Waals surface area (Å²) in [4.78, 5) is 10.6. The summed E-state index contributed by atoms with van der Waals surface area (Å²) in [6.07, 6.45) is -2.69. The van der Waals surface area contributed by atoms with Gasteiger partial charge in [-0.05, 0) is 18.2 Å². The van der Waals surface area contributed by atoms with Crippen LogP contribution in [0.5, 0.6) is 0 Å². The molecule has 1 heterocycles. The number of halogens is 2. The van der Waals surface area contributed by atoms with Crippen molar-refractivity contribution in [1.82, 2.24) is 9.78 Å². The standard InChI is InChI=1S/C12H10F2N2O2S/c13-12(14)9-6-10(19-7-11(17)18)16(15-9)8-4-2-1-3-5-8/h1-6,12H,7H2,(H,17,18). The summed E-state index contributed by atoms with van der Waals surface area (Å²) in [6, 6.07) is 9.95. The number of hydrogen-bond acceptors (Lipinski definition) is 3. The number of carboxylic acids is 1. The Morgan fingerprint density at radius 3 is 2.63 bits per heavy atom. The van der Waals surface area contributed by atoms with Gasteiger partial charge in [0.05, 0.1) is 11.4 Å². The number of benzene rings is 1. The Hall–Kier alpha value is -1.89. The van der Waals surface area contributed by atoms with Crippen molar-refractivity contribution >= 4 is 17.7 Å². The summed E-state index contributed by atoms with van der Waals surface area (Å²) < 4.78 is 26.7. The molecule has 7 heteroatoms. The van der Waals surface area contributed by atoms with Gasteiger partial charge in [-0.15, -0.1) is 0 Å². The van der Waals surface area contributed by atoms with Crippen molar-refractivity contribution in [3.05, 3.63) is 42.1 Å². The van der Waals surface area contributed by atoms with Crippen LogP contribution in [0.4, 0.5) is 8.78 Å². The van der Waals surface area contributed by atoms with E-state index in [1.165, 1.54) is 10.7 Å². The number of carbonyl (C=O) groups is 1. The Bertz CT molecular complexity index is 572.